The molecule has 2 aromatic rings. The smallest absolute Gasteiger partial charge is 0.186 e. The van der Waals surface area contributed by atoms with E-state index in [0.29, 0.717) is 12.0 Å². The standard InChI is InChI=1S/C24H32ClN3OS/c1-5-19(13-18(4)8-11-29)15-27-9-10-28(16-21(27)12-17(2)3)24-26-22-7-6-20(25)14-23(22)30-24/h5-8,13-14,17,21,29H,1,9-12,15-16H2,2-4H3/b18-8-,19-13+/t21-/m0/s1. The number of anilines is 1. The van der Waals surface area contributed by atoms with Crippen LogP contribution < -0.4 is 4.90 Å². The maximum Gasteiger partial charge on any atom is 0.186 e. The molecule has 1 fully saturated rings. The zero-order valence-corrected chi connectivity index (χ0v) is 19.7. The molecule has 1 aromatic heterocycles. The lowest BCUT2D eigenvalue weighted by atomic mass is 9.99. The third kappa shape index (κ3) is 5.94. The second-order valence-corrected chi connectivity index (χ2v) is 9.81. The van der Waals surface area contributed by atoms with E-state index in [-0.39, 0.29) is 6.61 Å². The molecule has 1 atom stereocenters. The van der Waals surface area contributed by atoms with Crippen molar-refractivity contribution in [3.05, 3.63) is 59.2 Å². The molecule has 6 heteroatoms. The Morgan fingerprint density at radius 1 is 1.40 bits per heavy atom. The number of aromatic nitrogens is 1. The van der Waals surface area contributed by atoms with Crippen LogP contribution in [0.2, 0.25) is 5.02 Å². The molecule has 30 heavy (non-hydrogen) atoms. The van der Waals surface area contributed by atoms with Crippen molar-refractivity contribution in [3.8, 4) is 0 Å². The van der Waals surface area contributed by atoms with Gasteiger partial charge in [-0.1, -0.05) is 67.2 Å². The lowest BCUT2D eigenvalue weighted by Gasteiger charge is -2.42. The van der Waals surface area contributed by atoms with E-state index in [9.17, 15) is 0 Å². The van der Waals surface area contributed by atoms with E-state index < -0.39 is 0 Å². The van der Waals surface area contributed by atoms with Gasteiger partial charge < -0.3 is 10.0 Å². The molecule has 162 valence electrons. The van der Waals surface area contributed by atoms with Crippen LogP contribution in [0.3, 0.4) is 0 Å². The second kappa shape index (κ2) is 10.6. The molecule has 0 bridgehead atoms. The fourth-order valence-corrected chi connectivity index (χ4v) is 5.24. The van der Waals surface area contributed by atoms with Gasteiger partial charge in [0.25, 0.3) is 0 Å². The third-order valence-corrected chi connectivity index (χ3v) is 6.75. The van der Waals surface area contributed by atoms with E-state index in [0.717, 1.165) is 58.5 Å². The van der Waals surface area contributed by atoms with Gasteiger partial charge in [-0.05, 0) is 43.0 Å². The van der Waals surface area contributed by atoms with E-state index in [2.05, 4.69) is 36.3 Å². The van der Waals surface area contributed by atoms with E-state index in [1.807, 2.05) is 37.3 Å². The largest absolute Gasteiger partial charge is 0.392 e. The molecule has 0 spiro atoms. The summed E-state index contributed by atoms with van der Waals surface area (Å²) in [6.45, 7) is 14.5. The Morgan fingerprint density at radius 2 is 2.20 bits per heavy atom. The summed E-state index contributed by atoms with van der Waals surface area (Å²) in [5.74, 6) is 0.624. The van der Waals surface area contributed by atoms with Crippen LogP contribution in [-0.4, -0.2) is 53.8 Å². The summed E-state index contributed by atoms with van der Waals surface area (Å²) in [6.07, 6.45) is 7.03. The summed E-state index contributed by atoms with van der Waals surface area (Å²) in [6, 6.07) is 6.37. The topological polar surface area (TPSA) is 39.6 Å². The SMILES string of the molecule is C=C/C(=C\C(C)=C/CO)CN1CCN(c2nc3ccc(Cl)cc3s2)C[C@@H]1CC(C)C. The van der Waals surface area contributed by atoms with Crippen LogP contribution in [0.25, 0.3) is 10.2 Å². The van der Waals surface area contributed by atoms with Gasteiger partial charge in [-0.15, -0.1) is 0 Å². The first-order chi connectivity index (χ1) is 14.4. The van der Waals surface area contributed by atoms with Crippen molar-refractivity contribution in [2.45, 2.75) is 33.2 Å². The number of piperazine rings is 1. The van der Waals surface area contributed by atoms with Crippen molar-refractivity contribution in [2.75, 3.05) is 37.7 Å². The number of allylic oxidation sites excluding steroid dienone is 2. The van der Waals surface area contributed by atoms with Gasteiger partial charge in [-0.2, -0.15) is 0 Å². The molecule has 3 rings (SSSR count). The summed E-state index contributed by atoms with van der Waals surface area (Å²) in [5, 5.41) is 11.0. The molecule has 1 aromatic carbocycles. The Bertz CT molecular complexity index is 934. The van der Waals surface area contributed by atoms with Crippen molar-refractivity contribution in [3.63, 3.8) is 0 Å². The summed E-state index contributed by atoms with van der Waals surface area (Å²) in [5.41, 5.74) is 3.28. The van der Waals surface area contributed by atoms with Gasteiger partial charge in [0, 0.05) is 37.2 Å². The average molecular weight is 446 g/mol. The lowest BCUT2D eigenvalue weighted by Crippen LogP contribution is -2.54. The van der Waals surface area contributed by atoms with E-state index in [1.165, 1.54) is 5.57 Å². The maximum absolute atomic E-state index is 9.13. The minimum Gasteiger partial charge on any atom is -0.392 e. The van der Waals surface area contributed by atoms with Crippen LogP contribution in [0.4, 0.5) is 5.13 Å². The molecule has 0 saturated carbocycles. The minimum absolute atomic E-state index is 0.0643. The highest BCUT2D eigenvalue weighted by molar-refractivity contribution is 7.22. The van der Waals surface area contributed by atoms with E-state index in [1.54, 1.807) is 11.3 Å². The van der Waals surface area contributed by atoms with Crippen molar-refractivity contribution in [1.82, 2.24) is 9.88 Å². The molecule has 1 aliphatic rings. The molecule has 0 aliphatic carbocycles. The zero-order chi connectivity index (χ0) is 21.7. The number of fused-ring (bicyclic) bond motifs is 1. The Balaban J connectivity index is 1.77. The molecule has 0 amide bonds. The number of benzene rings is 1. The Labute approximate surface area is 189 Å². The predicted molar refractivity (Wildman–Crippen MR) is 131 cm³/mol. The van der Waals surface area contributed by atoms with Crippen LogP contribution in [0.15, 0.2) is 54.2 Å². The highest BCUT2D eigenvalue weighted by Crippen LogP contribution is 2.32. The molecule has 0 radical (unpaired) electrons. The van der Waals surface area contributed by atoms with Crippen molar-refractivity contribution in [2.24, 2.45) is 5.92 Å². The van der Waals surface area contributed by atoms with Gasteiger partial charge in [0.2, 0.25) is 0 Å². The highest BCUT2D eigenvalue weighted by atomic mass is 35.5. The summed E-state index contributed by atoms with van der Waals surface area (Å²) >= 11 is 7.88. The van der Waals surface area contributed by atoms with Crippen LogP contribution in [-0.2, 0) is 0 Å². The van der Waals surface area contributed by atoms with Crippen LogP contribution in [0, 0.1) is 5.92 Å². The quantitative estimate of drug-likeness (QED) is 0.541. The number of halogens is 1. The zero-order valence-electron chi connectivity index (χ0n) is 18.1. The first-order valence-corrected chi connectivity index (χ1v) is 11.7. The Morgan fingerprint density at radius 3 is 2.90 bits per heavy atom. The number of nitrogens with zero attached hydrogens (tertiary/aromatic N) is 3. The van der Waals surface area contributed by atoms with Crippen LogP contribution in [0.1, 0.15) is 27.2 Å². The molecular weight excluding hydrogens is 414 g/mol. The lowest BCUT2D eigenvalue weighted by molar-refractivity contribution is 0.170. The van der Waals surface area contributed by atoms with Gasteiger partial charge in [-0.3, -0.25) is 4.90 Å². The van der Waals surface area contributed by atoms with Gasteiger partial charge in [0.1, 0.15) is 0 Å². The Hall–Kier alpha value is -1.66. The van der Waals surface area contributed by atoms with E-state index >= 15 is 0 Å². The van der Waals surface area contributed by atoms with E-state index in [4.69, 9.17) is 21.7 Å². The van der Waals surface area contributed by atoms with Gasteiger partial charge in [0.05, 0.1) is 16.8 Å². The normalized spacial score (nSPS) is 19.1. The van der Waals surface area contributed by atoms with Crippen molar-refractivity contribution >= 4 is 38.3 Å². The number of hydrogen-bond donors (Lipinski definition) is 1. The van der Waals surface area contributed by atoms with Crippen LogP contribution >= 0.6 is 22.9 Å². The first-order valence-electron chi connectivity index (χ1n) is 10.5. The molecule has 2 heterocycles. The number of aliphatic hydroxyl groups is 1. The Kier molecular flexibility index (Phi) is 8.12. The molecule has 0 unspecified atom stereocenters. The monoisotopic (exact) mass is 445 g/mol. The highest BCUT2D eigenvalue weighted by Gasteiger charge is 2.29. The number of rotatable bonds is 8. The molecule has 1 saturated heterocycles. The van der Waals surface area contributed by atoms with Gasteiger partial charge in [-0.25, -0.2) is 4.98 Å². The number of hydrogen-bond acceptors (Lipinski definition) is 5. The fraction of sp³-hybridized carbons (Fsp3) is 0.458. The van der Waals surface area contributed by atoms with Crippen molar-refractivity contribution < 1.29 is 5.11 Å². The average Bonchev–Trinajstić information content (AvgIpc) is 3.11. The molecular formula is C24H32ClN3OS. The van der Waals surface area contributed by atoms with Crippen LogP contribution in [0.5, 0.6) is 0 Å². The maximum atomic E-state index is 9.13. The predicted octanol–water partition coefficient (Wildman–Crippen LogP) is 5.54. The molecule has 4 nitrogen and oxygen atoms in total. The van der Waals surface area contributed by atoms with Gasteiger partial charge in [0.15, 0.2) is 5.13 Å². The number of thiazole rings is 1. The summed E-state index contributed by atoms with van der Waals surface area (Å²) < 4.78 is 1.14. The number of aliphatic hydroxyl groups excluding tert-OH is 1. The molecule has 1 N–H and O–H groups in total. The first kappa shape index (κ1) is 23.0. The fourth-order valence-electron chi connectivity index (χ4n) is 3.96. The van der Waals surface area contributed by atoms with Crippen molar-refractivity contribution in [1.29, 1.82) is 0 Å². The second-order valence-electron chi connectivity index (χ2n) is 8.36. The third-order valence-electron chi connectivity index (χ3n) is 5.43. The molecule has 1 aliphatic heterocycles. The summed E-state index contributed by atoms with van der Waals surface area (Å²) in [4.78, 5) is 9.86. The minimum atomic E-state index is 0.0643. The summed E-state index contributed by atoms with van der Waals surface area (Å²) in [7, 11) is 0. The van der Waals surface area contributed by atoms with Gasteiger partial charge >= 0.3 is 0 Å².